The maximum atomic E-state index is 9.80. The van der Waals surface area contributed by atoms with Crippen molar-refractivity contribution in [3.8, 4) is 5.75 Å². The average molecular weight is 233 g/mol. The molecule has 1 aliphatic carbocycles. The van der Waals surface area contributed by atoms with Crippen LogP contribution in [0.25, 0.3) is 0 Å². The number of nitrogens with one attached hydrogen (secondary N) is 1. The van der Waals surface area contributed by atoms with Gasteiger partial charge in [-0.3, -0.25) is 0 Å². The largest absolute Gasteiger partial charge is 0.508 e. The summed E-state index contributed by atoms with van der Waals surface area (Å²) in [5.41, 5.74) is 1.52. The van der Waals surface area contributed by atoms with Crippen LogP contribution in [0.1, 0.15) is 51.1 Å². The van der Waals surface area contributed by atoms with Gasteiger partial charge in [0, 0.05) is 18.2 Å². The van der Waals surface area contributed by atoms with Crippen molar-refractivity contribution in [3.63, 3.8) is 0 Å². The Labute approximate surface area is 104 Å². The van der Waals surface area contributed by atoms with Crippen LogP contribution in [0.2, 0.25) is 0 Å². The molecule has 1 unspecified atom stereocenters. The van der Waals surface area contributed by atoms with Gasteiger partial charge < -0.3 is 10.4 Å². The molecule has 2 rings (SSSR count). The van der Waals surface area contributed by atoms with Crippen LogP contribution in [-0.2, 0) is 0 Å². The van der Waals surface area contributed by atoms with Gasteiger partial charge in [-0.15, -0.1) is 0 Å². The Morgan fingerprint density at radius 1 is 1.35 bits per heavy atom. The number of phenols is 1. The lowest BCUT2D eigenvalue weighted by molar-refractivity contribution is 0.120. The highest BCUT2D eigenvalue weighted by Gasteiger charge is 2.34. The highest BCUT2D eigenvalue weighted by Crippen LogP contribution is 2.43. The number of aromatic hydroxyl groups is 1. The van der Waals surface area contributed by atoms with Crippen molar-refractivity contribution >= 4 is 0 Å². The second-order valence-corrected chi connectivity index (χ2v) is 5.37. The maximum Gasteiger partial charge on any atom is 0.120 e. The lowest BCUT2D eigenvalue weighted by Gasteiger charge is -2.42. The first-order chi connectivity index (χ1) is 8.17. The Morgan fingerprint density at radius 3 is 2.59 bits per heavy atom. The zero-order chi connectivity index (χ0) is 12.3. The third kappa shape index (κ3) is 2.63. The molecule has 1 fully saturated rings. The van der Waals surface area contributed by atoms with E-state index < -0.39 is 0 Å². The highest BCUT2D eigenvalue weighted by molar-refractivity contribution is 5.34. The summed E-state index contributed by atoms with van der Waals surface area (Å²) < 4.78 is 0. The van der Waals surface area contributed by atoms with E-state index >= 15 is 0 Å². The lowest BCUT2D eigenvalue weighted by Crippen LogP contribution is -2.40. The fraction of sp³-hybridized carbons (Fsp3) is 0.600. The van der Waals surface area contributed by atoms with Crippen LogP contribution in [0.4, 0.5) is 0 Å². The molecule has 1 aromatic rings. The number of hydrogen-bond acceptors (Lipinski definition) is 2. The molecule has 0 spiro atoms. The van der Waals surface area contributed by atoms with Crippen LogP contribution >= 0.6 is 0 Å². The fourth-order valence-electron chi connectivity index (χ4n) is 2.67. The molecule has 17 heavy (non-hydrogen) atoms. The van der Waals surface area contributed by atoms with Crippen molar-refractivity contribution in [2.24, 2.45) is 5.41 Å². The predicted octanol–water partition coefficient (Wildman–Crippen LogP) is 3.62. The van der Waals surface area contributed by atoms with E-state index in [2.05, 4.69) is 19.2 Å². The molecule has 0 aromatic heterocycles. The van der Waals surface area contributed by atoms with Gasteiger partial charge >= 0.3 is 0 Å². The first kappa shape index (κ1) is 12.4. The second kappa shape index (κ2) is 5.09. The molecule has 0 radical (unpaired) electrons. The van der Waals surface area contributed by atoms with Gasteiger partial charge in [-0.05, 0) is 37.7 Å². The summed E-state index contributed by atoms with van der Waals surface area (Å²) in [6.45, 7) is 5.47. The van der Waals surface area contributed by atoms with Gasteiger partial charge in [-0.2, -0.15) is 0 Å². The first-order valence-electron chi connectivity index (χ1n) is 6.68. The quantitative estimate of drug-likeness (QED) is 0.814. The molecule has 0 bridgehead atoms. The molecular weight excluding hydrogens is 210 g/mol. The smallest absolute Gasteiger partial charge is 0.120 e. The van der Waals surface area contributed by atoms with E-state index in [0.717, 1.165) is 12.1 Å². The standard InChI is InChI=1S/C15H23NO/c1-3-15(9-6-10-15)11-16-12(2)13-7-4-5-8-14(13)17/h4-5,7-8,12,16-17H,3,6,9-11H2,1-2H3. The molecule has 1 aromatic carbocycles. The van der Waals surface area contributed by atoms with Crippen molar-refractivity contribution in [2.75, 3.05) is 6.54 Å². The van der Waals surface area contributed by atoms with Crippen LogP contribution in [0.15, 0.2) is 24.3 Å². The van der Waals surface area contributed by atoms with E-state index in [1.165, 1.54) is 25.7 Å². The molecule has 1 aliphatic rings. The van der Waals surface area contributed by atoms with E-state index in [-0.39, 0.29) is 6.04 Å². The van der Waals surface area contributed by atoms with Gasteiger partial charge in [0.1, 0.15) is 5.75 Å². The summed E-state index contributed by atoms with van der Waals surface area (Å²) in [6.07, 6.45) is 5.34. The molecule has 1 saturated carbocycles. The molecule has 94 valence electrons. The number of phenolic OH excluding ortho intramolecular Hbond substituents is 1. The normalized spacial score (nSPS) is 19.6. The summed E-state index contributed by atoms with van der Waals surface area (Å²) in [5, 5.41) is 13.4. The maximum absolute atomic E-state index is 9.80. The number of hydrogen-bond donors (Lipinski definition) is 2. The minimum atomic E-state index is 0.222. The Bertz CT molecular complexity index is 365. The SMILES string of the molecule is CCC1(CNC(C)c2ccccc2O)CCC1. The topological polar surface area (TPSA) is 32.3 Å². The van der Waals surface area contributed by atoms with Crippen LogP contribution in [0, 0.1) is 5.41 Å². The van der Waals surface area contributed by atoms with Crippen molar-refractivity contribution < 1.29 is 5.11 Å². The van der Waals surface area contributed by atoms with E-state index in [0.29, 0.717) is 11.2 Å². The number of rotatable bonds is 5. The molecular formula is C15H23NO. The van der Waals surface area contributed by atoms with Crippen LogP contribution < -0.4 is 5.32 Å². The summed E-state index contributed by atoms with van der Waals surface area (Å²) in [7, 11) is 0. The van der Waals surface area contributed by atoms with Gasteiger partial charge in [0.05, 0.1) is 0 Å². The molecule has 2 N–H and O–H groups in total. The summed E-state index contributed by atoms with van der Waals surface area (Å²) in [5.74, 6) is 0.395. The molecule has 0 saturated heterocycles. The molecule has 0 amide bonds. The Kier molecular flexibility index (Phi) is 3.72. The summed E-state index contributed by atoms with van der Waals surface area (Å²) in [6, 6.07) is 7.82. The zero-order valence-corrected chi connectivity index (χ0v) is 10.9. The average Bonchev–Trinajstić information content (AvgIpc) is 2.28. The molecule has 1 atom stereocenters. The summed E-state index contributed by atoms with van der Waals surface area (Å²) in [4.78, 5) is 0. The van der Waals surface area contributed by atoms with Gasteiger partial charge in [-0.1, -0.05) is 31.5 Å². The molecule has 0 heterocycles. The number of benzene rings is 1. The van der Waals surface area contributed by atoms with E-state index in [1.54, 1.807) is 6.07 Å². The third-order valence-corrected chi connectivity index (χ3v) is 4.35. The van der Waals surface area contributed by atoms with Gasteiger partial charge in [-0.25, -0.2) is 0 Å². The first-order valence-corrected chi connectivity index (χ1v) is 6.68. The van der Waals surface area contributed by atoms with Gasteiger partial charge in [0.15, 0.2) is 0 Å². The van der Waals surface area contributed by atoms with Crippen molar-refractivity contribution in [1.29, 1.82) is 0 Å². The lowest BCUT2D eigenvalue weighted by atomic mass is 9.67. The molecule has 0 aliphatic heterocycles. The van der Waals surface area contributed by atoms with Crippen molar-refractivity contribution in [3.05, 3.63) is 29.8 Å². The van der Waals surface area contributed by atoms with Crippen LogP contribution in [0.3, 0.4) is 0 Å². The second-order valence-electron chi connectivity index (χ2n) is 5.37. The fourth-order valence-corrected chi connectivity index (χ4v) is 2.67. The molecule has 2 nitrogen and oxygen atoms in total. The molecule has 2 heteroatoms. The monoisotopic (exact) mass is 233 g/mol. The van der Waals surface area contributed by atoms with Crippen LogP contribution in [-0.4, -0.2) is 11.7 Å². The Hall–Kier alpha value is -1.02. The highest BCUT2D eigenvalue weighted by atomic mass is 16.3. The minimum absolute atomic E-state index is 0.222. The predicted molar refractivity (Wildman–Crippen MR) is 71.1 cm³/mol. The minimum Gasteiger partial charge on any atom is -0.508 e. The van der Waals surface area contributed by atoms with Crippen molar-refractivity contribution in [1.82, 2.24) is 5.32 Å². The van der Waals surface area contributed by atoms with Gasteiger partial charge in [0.25, 0.3) is 0 Å². The zero-order valence-electron chi connectivity index (χ0n) is 10.9. The van der Waals surface area contributed by atoms with Gasteiger partial charge in [0.2, 0.25) is 0 Å². The van der Waals surface area contributed by atoms with Crippen molar-refractivity contribution in [2.45, 2.75) is 45.6 Å². The third-order valence-electron chi connectivity index (χ3n) is 4.35. The van der Waals surface area contributed by atoms with E-state index in [9.17, 15) is 5.11 Å². The number of para-hydroxylation sites is 1. The Morgan fingerprint density at radius 2 is 2.06 bits per heavy atom. The van der Waals surface area contributed by atoms with Crippen LogP contribution in [0.5, 0.6) is 5.75 Å². The summed E-state index contributed by atoms with van der Waals surface area (Å²) >= 11 is 0. The van der Waals surface area contributed by atoms with E-state index in [4.69, 9.17) is 0 Å². The van der Waals surface area contributed by atoms with E-state index in [1.807, 2.05) is 18.2 Å². The Balaban J connectivity index is 1.93.